The molecule has 3 aromatic rings. The molecule has 0 heterocycles. The zero-order chi connectivity index (χ0) is 27.5. The van der Waals surface area contributed by atoms with E-state index in [0.29, 0.717) is 16.7 Å². The molecule has 0 spiro atoms. The monoisotopic (exact) mass is 616 g/mol. The van der Waals surface area contributed by atoms with Crippen LogP contribution in [0.3, 0.4) is 0 Å². The molecule has 40 heavy (non-hydrogen) atoms. The van der Waals surface area contributed by atoms with Crippen molar-refractivity contribution in [1.82, 2.24) is 0 Å². The van der Waals surface area contributed by atoms with E-state index < -0.39 is 7.26 Å². The first-order valence-corrected chi connectivity index (χ1v) is 16.5. The predicted octanol–water partition coefficient (Wildman–Crippen LogP) is 4.91. The Bertz CT molecular complexity index is 1200. The number of ketones is 2. The van der Waals surface area contributed by atoms with Crippen LogP contribution in [0.25, 0.3) is 0 Å². The van der Waals surface area contributed by atoms with Crippen LogP contribution in [0.2, 0.25) is 0 Å². The molecule has 0 aromatic heterocycles. The number of benzene rings is 3. The average Bonchev–Trinajstić information content (AvgIpc) is 2.99. The Morgan fingerprint density at radius 1 is 0.525 bits per heavy atom. The molecule has 2 nitrogen and oxygen atoms in total. The number of carbonyl (C=O) groups excluding carboxylic acids is 2. The number of allylic oxidation sites excluding steroid dienone is 4. The van der Waals surface area contributed by atoms with E-state index in [1.54, 1.807) is 19.9 Å². The van der Waals surface area contributed by atoms with Gasteiger partial charge in [-0.15, -0.1) is 0 Å². The van der Waals surface area contributed by atoms with Crippen molar-refractivity contribution in [3.8, 4) is 0 Å². The zero-order valence-electron chi connectivity index (χ0n) is 24.0. The Hall–Kier alpha value is -2.61. The Balaban J connectivity index is 0.00000441. The molecule has 210 valence electrons. The highest BCUT2D eigenvalue weighted by molar-refractivity contribution is 7.95. The molecular formula is C36H42BrO2P. The maximum Gasteiger partial charge on any atom is 0.185 e. The Labute approximate surface area is 252 Å². The summed E-state index contributed by atoms with van der Waals surface area (Å²) in [5, 5.41) is 4.41. The summed E-state index contributed by atoms with van der Waals surface area (Å²) in [4.78, 5) is 24.5. The molecule has 1 aliphatic rings. The highest BCUT2D eigenvalue weighted by Crippen LogP contribution is 2.56. The smallest absolute Gasteiger partial charge is 0.185 e. The second kappa shape index (κ2) is 16.0. The molecular weight excluding hydrogens is 575 g/mol. The fourth-order valence-corrected chi connectivity index (χ4v) is 10.1. The topological polar surface area (TPSA) is 34.1 Å². The van der Waals surface area contributed by atoms with Gasteiger partial charge in [0.05, 0.1) is 6.16 Å². The Kier molecular flexibility index (Phi) is 12.8. The summed E-state index contributed by atoms with van der Waals surface area (Å²) in [6.45, 7) is 3.52. The first kappa shape index (κ1) is 31.9. The van der Waals surface area contributed by atoms with Crippen molar-refractivity contribution in [3.05, 3.63) is 114 Å². The molecule has 4 rings (SSSR count). The molecule has 0 saturated heterocycles. The Morgan fingerprint density at radius 2 is 0.925 bits per heavy atom. The van der Waals surface area contributed by atoms with E-state index >= 15 is 0 Å². The molecule has 0 amide bonds. The minimum absolute atomic E-state index is 0. The maximum atomic E-state index is 12.4. The third-order valence-corrected chi connectivity index (χ3v) is 12.7. The number of halogens is 1. The van der Waals surface area contributed by atoms with E-state index in [0.717, 1.165) is 19.3 Å². The molecule has 0 aliphatic heterocycles. The second-order valence-corrected chi connectivity index (χ2v) is 14.3. The van der Waals surface area contributed by atoms with Gasteiger partial charge in [-0.3, -0.25) is 9.59 Å². The lowest BCUT2D eigenvalue weighted by Crippen LogP contribution is -3.00. The van der Waals surface area contributed by atoms with Gasteiger partial charge in [0, 0.05) is 16.7 Å². The van der Waals surface area contributed by atoms with Gasteiger partial charge in [-0.25, -0.2) is 0 Å². The van der Waals surface area contributed by atoms with Crippen LogP contribution < -0.4 is 32.9 Å². The molecule has 0 radical (unpaired) electrons. The van der Waals surface area contributed by atoms with Gasteiger partial charge in [-0.05, 0) is 82.0 Å². The molecule has 4 heteroatoms. The number of carbonyl (C=O) groups is 2. The van der Waals surface area contributed by atoms with Crippen LogP contribution in [-0.4, -0.2) is 17.7 Å². The van der Waals surface area contributed by atoms with E-state index in [-0.39, 0.29) is 28.5 Å². The zero-order valence-corrected chi connectivity index (χ0v) is 26.4. The van der Waals surface area contributed by atoms with Gasteiger partial charge in [0.25, 0.3) is 0 Å². The number of hydrogen-bond donors (Lipinski definition) is 0. The average molecular weight is 618 g/mol. The van der Waals surface area contributed by atoms with Crippen molar-refractivity contribution in [2.75, 3.05) is 6.16 Å². The van der Waals surface area contributed by atoms with Crippen molar-refractivity contribution in [1.29, 1.82) is 0 Å². The van der Waals surface area contributed by atoms with Crippen LogP contribution in [0, 0.1) is 0 Å². The van der Waals surface area contributed by atoms with E-state index in [1.807, 2.05) is 0 Å². The van der Waals surface area contributed by atoms with Gasteiger partial charge in [0.15, 0.2) is 11.6 Å². The Morgan fingerprint density at radius 3 is 1.38 bits per heavy atom. The lowest BCUT2D eigenvalue weighted by molar-refractivity contribution is -0.116. The first-order valence-electron chi connectivity index (χ1n) is 14.6. The minimum Gasteiger partial charge on any atom is -1.00 e. The quantitative estimate of drug-likeness (QED) is 0.147. The van der Waals surface area contributed by atoms with Crippen molar-refractivity contribution >= 4 is 34.7 Å². The van der Waals surface area contributed by atoms with Crippen molar-refractivity contribution in [2.24, 2.45) is 0 Å². The molecule has 0 saturated carbocycles. The second-order valence-electron chi connectivity index (χ2n) is 10.7. The van der Waals surface area contributed by atoms with E-state index in [9.17, 15) is 9.59 Å². The summed E-state index contributed by atoms with van der Waals surface area (Å²) in [6.07, 6.45) is 13.0. The standard InChI is InChI=1S/C36H42O2P.BrH/c1-29-30(2)36(38)31(28-35(29)37)20-12-7-5-3-4-6-8-19-27-39(32-21-13-9-14-22-32,33-23-15-10-16-24-33)34-25-17-11-18-26-34;/h9-11,13-18,21-26,28H,3-8,12,19-20,27H2,1-2H3;1H/q+1;/p-1. The molecule has 1 aliphatic carbocycles. The molecule has 0 fully saturated rings. The van der Waals surface area contributed by atoms with Crippen LogP contribution in [0.4, 0.5) is 0 Å². The predicted molar refractivity (Wildman–Crippen MR) is 168 cm³/mol. The fourth-order valence-electron chi connectivity index (χ4n) is 5.72. The van der Waals surface area contributed by atoms with Gasteiger partial charge < -0.3 is 17.0 Å². The summed E-state index contributed by atoms with van der Waals surface area (Å²) < 4.78 is 0. The number of hydrogen-bond acceptors (Lipinski definition) is 2. The largest absolute Gasteiger partial charge is 1.00 e. The van der Waals surface area contributed by atoms with Crippen LogP contribution in [0.15, 0.2) is 114 Å². The minimum atomic E-state index is -1.72. The van der Waals surface area contributed by atoms with Crippen molar-refractivity contribution in [3.63, 3.8) is 0 Å². The van der Waals surface area contributed by atoms with Crippen LogP contribution >= 0.6 is 7.26 Å². The van der Waals surface area contributed by atoms with Crippen LogP contribution in [-0.2, 0) is 9.59 Å². The summed E-state index contributed by atoms with van der Waals surface area (Å²) in [6, 6.07) is 33.5. The van der Waals surface area contributed by atoms with Crippen molar-refractivity contribution < 1.29 is 26.6 Å². The number of unbranched alkanes of at least 4 members (excludes halogenated alkanes) is 7. The fraction of sp³-hybridized carbons (Fsp3) is 0.333. The molecule has 0 bridgehead atoms. The first-order chi connectivity index (χ1) is 19.0. The van der Waals surface area contributed by atoms with Crippen LogP contribution in [0.1, 0.15) is 71.6 Å². The molecule has 0 unspecified atom stereocenters. The van der Waals surface area contributed by atoms with Gasteiger partial charge in [-0.2, -0.15) is 0 Å². The summed E-state index contributed by atoms with van der Waals surface area (Å²) >= 11 is 0. The van der Waals surface area contributed by atoms with E-state index in [1.165, 1.54) is 60.6 Å². The van der Waals surface area contributed by atoms with Gasteiger partial charge in [0.1, 0.15) is 23.2 Å². The summed E-state index contributed by atoms with van der Waals surface area (Å²) in [7, 11) is -1.72. The van der Waals surface area contributed by atoms with E-state index in [4.69, 9.17) is 0 Å². The normalized spacial score (nSPS) is 13.7. The SMILES string of the molecule is CC1=C(C)C(=O)C(CCCCCCCCCC[P+](c2ccccc2)(c2ccccc2)c2ccccc2)=CC1=O.[Br-]. The molecule has 0 atom stereocenters. The highest BCUT2D eigenvalue weighted by atomic mass is 79.9. The third-order valence-electron chi connectivity index (χ3n) is 8.15. The van der Waals surface area contributed by atoms with Crippen LogP contribution in [0.5, 0.6) is 0 Å². The lowest BCUT2D eigenvalue weighted by atomic mass is 9.88. The number of rotatable bonds is 14. The molecule has 3 aromatic carbocycles. The number of Topliss-reactive ketones (excluding diaryl/α,β-unsaturated/α-hetero) is 1. The highest BCUT2D eigenvalue weighted by Gasteiger charge is 2.44. The molecule has 0 N–H and O–H groups in total. The van der Waals surface area contributed by atoms with Gasteiger partial charge in [0.2, 0.25) is 0 Å². The third kappa shape index (κ3) is 7.77. The van der Waals surface area contributed by atoms with Gasteiger partial charge in [-0.1, -0.05) is 86.7 Å². The van der Waals surface area contributed by atoms with E-state index in [2.05, 4.69) is 91.0 Å². The van der Waals surface area contributed by atoms with Crippen molar-refractivity contribution in [2.45, 2.75) is 71.6 Å². The van der Waals surface area contributed by atoms with Gasteiger partial charge >= 0.3 is 0 Å². The maximum absolute atomic E-state index is 12.4. The summed E-state index contributed by atoms with van der Waals surface area (Å²) in [5.41, 5.74) is 1.92. The summed E-state index contributed by atoms with van der Waals surface area (Å²) in [5.74, 6) is 0.0629. The lowest BCUT2D eigenvalue weighted by Gasteiger charge is -2.27.